The van der Waals surface area contributed by atoms with Crippen molar-refractivity contribution in [3.63, 3.8) is 0 Å². The fraction of sp³-hybridized carbons (Fsp3) is 0.353. The van der Waals surface area contributed by atoms with Crippen molar-refractivity contribution in [3.8, 4) is 11.3 Å². The first-order valence-electron chi connectivity index (χ1n) is 7.88. The van der Waals surface area contributed by atoms with Crippen LogP contribution in [0.1, 0.15) is 18.4 Å². The van der Waals surface area contributed by atoms with Gasteiger partial charge in [-0.1, -0.05) is 6.07 Å². The minimum absolute atomic E-state index is 0.210. The summed E-state index contributed by atoms with van der Waals surface area (Å²) in [6.07, 6.45) is 3.34. The minimum atomic E-state index is -3.27. The Hall–Kier alpha value is -1.99. The van der Waals surface area contributed by atoms with Crippen molar-refractivity contribution in [2.75, 3.05) is 24.2 Å². The number of anilines is 1. The number of aromatic nitrogens is 1. The maximum absolute atomic E-state index is 13.1. The van der Waals surface area contributed by atoms with Gasteiger partial charge in [0.1, 0.15) is 11.6 Å². The molecule has 1 N–H and O–H groups in total. The molecule has 128 valence electrons. The molecular formula is C17H20FN3O2S. The van der Waals surface area contributed by atoms with Gasteiger partial charge in [0.25, 0.3) is 0 Å². The molecule has 1 aliphatic rings. The van der Waals surface area contributed by atoms with Gasteiger partial charge in [-0.3, -0.25) is 0 Å². The lowest BCUT2D eigenvalue weighted by Crippen LogP contribution is -2.25. The number of nitrogens with one attached hydrogen (secondary N) is 1. The number of nitrogens with zero attached hydrogens (tertiary/aromatic N) is 2. The summed E-state index contributed by atoms with van der Waals surface area (Å²) in [5, 5.41) is 0. The summed E-state index contributed by atoms with van der Waals surface area (Å²) in [5.41, 5.74) is 2.42. The smallest absolute Gasteiger partial charge is 0.209 e. The Morgan fingerprint density at radius 3 is 2.42 bits per heavy atom. The van der Waals surface area contributed by atoms with E-state index in [2.05, 4.69) is 9.62 Å². The molecule has 1 fully saturated rings. The van der Waals surface area contributed by atoms with Crippen LogP contribution in [0.3, 0.4) is 0 Å². The summed E-state index contributed by atoms with van der Waals surface area (Å²) in [6, 6.07) is 9.93. The normalized spacial score (nSPS) is 15.0. The van der Waals surface area contributed by atoms with E-state index < -0.39 is 10.0 Å². The van der Waals surface area contributed by atoms with Crippen molar-refractivity contribution < 1.29 is 12.8 Å². The molecule has 2 aromatic rings. The van der Waals surface area contributed by atoms with E-state index in [4.69, 9.17) is 4.98 Å². The standard InChI is InChI=1S/C17H20FN3O2S/c1-24(22,23)19-12-14-6-9-16(13-4-7-15(18)8-5-13)20-17(14)21-10-2-3-11-21/h4-9,19H,2-3,10-12H2,1H3. The van der Waals surface area contributed by atoms with Crippen LogP contribution < -0.4 is 9.62 Å². The summed E-state index contributed by atoms with van der Waals surface area (Å²) in [7, 11) is -3.27. The lowest BCUT2D eigenvalue weighted by Gasteiger charge is -2.21. The fourth-order valence-electron chi connectivity index (χ4n) is 2.81. The molecule has 7 heteroatoms. The van der Waals surface area contributed by atoms with Crippen LogP contribution in [0, 0.1) is 5.82 Å². The summed E-state index contributed by atoms with van der Waals surface area (Å²) in [4.78, 5) is 6.90. The first kappa shape index (κ1) is 16.9. The molecule has 0 bridgehead atoms. The van der Waals surface area contributed by atoms with Crippen molar-refractivity contribution in [1.82, 2.24) is 9.71 Å². The number of hydrogen-bond acceptors (Lipinski definition) is 4. The van der Waals surface area contributed by atoms with E-state index in [1.807, 2.05) is 12.1 Å². The molecule has 0 amide bonds. The zero-order valence-corrected chi connectivity index (χ0v) is 14.3. The zero-order chi connectivity index (χ0) is 17.2. The van der Waals surface area contributed by atoms with Crippen LogP contribution in [0.25, 0.3) is 11.3 Å². The molecule has 0 radical (unpaired) electrons. The number of sulfonamides is 1. The highest BCUT2D eigenvalue weighted by Crippen LogP contribution is 2.27. The van der Waals surface area contributed by atoms with Gasteiger partial charge in [0.15, 0.2) is 0 Å². The second-order valence-corrected chi connectivity index (χ2v) is 7.81. The molecule has 24 heavy (non-hydrogen) atoms. The van der Waals surface area contributed by atoms with Crippen LogP contribution in [0.5, 0.6) is 0 Å². The number of halogens is 1. The maximum Gasteiger partial charge on any atom is 0.209 e. The molecule has 1 aliphatic heterocycles. The fourth-order valence-corrected chi connectivity index (χ4v) is 3.23. The molecule has 3 rings (SSSR count). The molecule has 5 nitrogen and oxygen atoms in total. The lowest BCUT2D eigenvalue weighted by atomic mass is 10.1. The van der Waals surface area contributed by atoms with E-state index in [0.717, 1.165) is 54.8 Å². The van der Waals surface area contributed by atoms with Gasteiger partial charge in [0.2, 0.25) is 10.0 Å². The minimum Gasteiger partial charge on any atom is -0.356 e. The van der Waals surface area contributed by atoms with Crippen LogP contribution in [-0.2, 0) is 16.6 Å². The molecule has 2 heterocycles. The van der Waals surface area contributed by atoms with E-state index >= 15 is 0 Å². The predicted octanol–water partition coefficient (Wildman–Crippen LogP) is 2.54. The van der Waals surface area contributed by atoms with Crippen LogP contribution in [-0.4, -0.2) is 32.7 Å². The van der Waals surface area contributed by atoms with Gasteiger partial charge in [-0.05, 0) is 43.2 Å². The molecule has 0 aliphatic carbocycles. The van der Waals surface area contributed by atoms with Crippen LogP contribution in [0.2, 0.25) is 0 Å². The summed E-state index contributed by atoms with van der Waals surface area (Å²) in [5.74, 6) is 0.512. The van der Waals surface area contributed by atoms with Gasteiger partial charge in [0.05, 0.1) is 11.9 Å². The monoisotopic (exact) mass is 349 g/mol. The molecule has 1 aromatic carbocycles. The first-order valence-corrected chi connectivity index (χ1v) is 9.77. The molecule has 0 unspecified atom stereocenters. The maximum atomic E-state index is 13.1. The summed E-state index contributed by atoms with van der Waals surface area (Å²) in [6.45, 7) is 2.03. The summed E-state index contributed by atoms with van der Waals surface area (Å²) < 4.78 is 38.4. The highest BCUT2D eigenvalue weighted by molar-refractivity contribution is 7.88. The second kappa shape index (κ2) is 6.86. The Bertz CT molecular complexity index is 816. The predicted molar refractivity (Wildman–Crippen MR) is 92.8 cm³/mol. The SMILES string of the molecule is CS(=O)(=O)NCc1ccc(-c2ccc(F)cc2)nc1N1CCCC1. The van der Waals surface area contributed by atoms with Crippen LogP contribution >= 0.6 is 0 Å². The van der Waals surface area contributed by atoms with Crippen molar-refractivity contribution >= 4 is 15.8 Å². The Morgan fingerprint density at radius 1 is 1.12 bits per heavy atom. The number of rotatable bonds is 5. The van der Waals surface area contributed by atoms with Gasteiger partial charge >= 0.3 is 0 Å². The quantitative estimate of drug-likeness (QED) is 0.901. The molecule has 0 spiro atoms. The molecule has 0 saturated carbocycles. The molecular weight excluding hydrogens is 329 g/mol. The highest BCUT2D eigenvalue weighted by atomic mass is 32.2. The van der Waals surface area contributed by atoms with Gasteiger partial charge in [-0.15, -0.1) is 0 Å². The lowest BCUT2D eigenvalue weighted by molar-refractivity contribution is 0.587. The van der Waals surface area contributed by atoms with Gasteiger partial charge in [0, 0.05) is 30.8 Å². The Morgan fingerprint density at radius 2 is 1.79 bits per heavy atom. The average Bonchev–Trinajstić information content (AvgIpc) is 3.07. The van der Waals surface area contributed by atoms with Crippen LogP contribution in [0.4, 0.5) is 10.2 Å². The Labute approximate surface area is 141 Å². The van der Waals surface area contributed by atoms with Crippen molar-refractivity contribution in [2.45, 2.75) is 19.4 Å². The van der Waals surface area contributed by atoms with Crippen molar-refractivity contribution in [3.05, 3.63) is 47.8 Å². The summed E-state index contributed by atoms with van der Waals surface area (Å²) >= 11 is 0. The third-order valence-electron chi connectivity index (χ3n) is 4.03. The number of benzene rings is 1. The van der Waals surface area contributed by atoms with Crippen molar-refractivity contribution in [2.24, 2.45) is 0 Å². The largest absolute Gasteiger partial charge is 0.356 e. The van der Waals surface area contributed by atoms with E-state index in [0.29, 0.717) is 0 Å². The number of hydrogen-bond donors (Lipinski definition) is 1. The Balaban J connectivity index is 1.95. The number of pyridine rings is 1. The van der Waals surface area contributed by atoms with E-state index in [1.165, 1.54) is 12.1 Å². The van der Waals surface area contributed by atoms with Crippen LogP contribution in [0.15, 0.2) is 36.4 Å². The van der Waals surface area contributed by atoms with Gasteiger partial charge < -0.3 is 4.90 Å². The average molecular weight is 349 g/mol. The first-order chi connectivity index (χ1) is 11.4. The third-order valence-corrected chi connectivity index (χ3v) is 4.70. The molecule has 0 atom stereocenters. The van der Waals surface area contributed by atoms with Gasteiger partial charge in [-0.2, -0.15) is 0 Å². The second-order valence-electron chi connectivity index (χ2n) is 5.97. The topological polar surface area (TPSA) is 62.3 Å². The van der Waals surface area contributed by atoms with Crippen molar-refractivity contribution in [1.29, 1.82) is 0 Å². The zero-order valence-electron chi connectivity index (χ0n) is 13.5. The third kappa shape index (κ3) is 4.10. The van der Waals surface area contributed by atoms with E-state index in [1.54, 1.807) is 12.1 Å². The van der Waals surface area contributed by atoms with Gasteiger partial charge in [-0.25, -0.2) is 22.5 Å². The van der Waals surface area contributed by atoms with E-state index in [9.17, 15) is 12.8 Å². The highest BCUT2D eigenvalue weighted by Gasteiger charge is 2.19. The Kier molecular flexibility index (Phi) is 4.82. The molecule has 1 saturated heterocycles. The van der Waals surface area contributed by atoms with E-state index in [-0.39, 0.29) is 12.4 Å². The molecule has 1 aromatic heterocycles.